The number of aromatic nitrogens is 1. The minimum Gasteiger partial charge on any atom is -0.382 e. The molecule has 0 saturated carbocycles. The number of amidine groups is 1. The summed E-state index contributed by atoms with van der Waals surface area (Å²) in [4.78, 5) is 8.86. The molecular weight excluding hydrogens is 226 g/mol. The normalized spacial score (nSPS) is 15.8. The Balaban J connectivity index is 1.87. The molecule has 1 fully saturated rings. The number of hydrogen-bond acceptors (Lipinski definition) is 4. The Kier molecular flexibility index (Phi) is 4.15. The van der Waals surface area contributed by atoms with E-state index in [4.69, 9.17) is 11.1 Å². The molecule has 0 spiro atoms. The van der Waals surface area contributed by atoms with E-state index in [1.54, 1.807) is 12.3 Å². The summed E-state index contributed by atoms with van der Waals surface area (Å²) >= 11 is 0. The maximum Gasteiger partial charge on any atom is 0.141 e. The van der Waals surface area contributed by atoms with Crippen LogP contribution in [-0.2, 0) is 0 Å². The van der Waals surface area contributed by atoms with Crippen LogP contribution in [0.2, 0.25) is 0 Å². The summed E-state index contributed by atoms with van der Waals surface area (Å²) in [6, 6.07) is 3.76. The minimum absolute atomic E-state index is 0.0151. The number of rotatable bonds is 5. The topological polar surface area (TPSA) is 69.2 Å². The molecule has 3 N–H and O–H groups in total. The van der Waals surface area contributed by atoms with Crippen molar-refractivity contribution in [1.29, 1.82) is 5.41 Å². The number of nitrogen functional groups attached to an aromatic ring is 1. The van der Waals surface area contributed by atoms with Crippen molar-refractivity contribution in [3.8, 4) is 0 Å². The lowest BCUT2D eigenvalue weighted by Gasteiger charge is -2.22. The van der Waals surface area contributed by atoms with E-state index in [2.05, 4.69) is 21.8 Å². The molecule has 1 aromatic rings. The summed E-state index contributed by atoms with van der Waals surface area (Å²) in [6.07, 6.45) is 4.44. The van der Waals surface area contributed by atoms with Crippen LogP contribution >= 0.6 is 0 Å². The van der Waals surface area contributed by atoms with E-state index >= 15 is 0 Å². The van der Waals surface area contributed by atoms with Crippen molar-refractivity contribution in [3.63, 3.8) is 0 Å². The molecule has 2 rings (SSSR count). The molecule has 0 aromatic carbocycles. The molecular formula is C13H21N5. The molecule has 1 aliphatic heterocycles. The van der Waals surface area contributed by atoms with E-state index < -0.39 is 0 Å². The number of anilines is 1. The highest BCUT2D eigenvalue weighted by Gasteiger charge is 2.12. The summed E-state index contributed by atoms with van der Waals surface area (Å²) in [5.74, 6) is 0.0151. The van der Waals surface area contributed by atoms with Crippen LogP contribution in [0.15, 0.2) is 18.3 Å². The zero-order valence-electron chi connectivity index (χ0n) is 10.9. The molecule has 2 heterocycles. The van der Waals surface area contributed by atoms with Gasteiger partial charge in [0.1, 0.15) is 11.5 Å². The quantitative estimate of drug-likeness (QED) is 0.599. The number of nitrogens with one attached hydrogen (secondary N) is 1. The molecule has 1 aliphatic rings. The lowest BCUT2D eigenvalue weighted by molar-refractivity contribution is 0.346. The fraction of sp³-hybridized carbons (Fsp3) is 0.538. The molecule has 5 heteroatoms. The van der Waals surface area contributed by atoms with Crippen LogP contribution in [0.5, 0.6) is 0 Å². The first kappa shape index (κ1) is 12.8. The van der Waals surface area contributed by atoms with Gasteiger partial charge in [-0.25, -0.2) is 0 Å². The number of hydrogen-bond donors (Lipinski definition) is 2. The van der Waals surface area contributed by atoms with Crippen LogP contribution in [0.3, 0.4) is 0 Å². The van der Waals surface area contributed by atoms with E-state index in [0.717, 1.165) is 18.8 Å². The first-order valence-electron chi connectivity index (χ1n) is 6.41. The van der Waals surface area contributed by atoms with Crippen molar-refractivity contribution in [3.05, 3.63) is 24.0 Å². The summed E-state index contributed by atoms with van der Waals surface area (Å²) in [5.41, 5.74) is 6.98. The van der Waals surface area contributed by atoms with E-state index in [1.807, 2.05) is 6.07 Å². The average Bonchev–Trinajstić information content (AvgIpc) is 2.89. The highest BCUT2D eigenvalue weighted by molar-refractivity contribution is 5.93. The molecule has 0 unspecified atom stereocenters. The molecule has 18 heavy (non-hydrogen) atoms. The highest BCUT2D eigenvalue weighted by Crippen LogP contribution is 2.12. The summed E-state index contributed by atoms with van der Waals surface area (Å²) in [7, 11) is 2.07. The second-order valence-electron chi connectivity index (χ2n) is 4.79. The predicted molar refractivity (Wildman–Crippen MR) is 74.2 cm³/mol. The van der Waals surface area contributed by atoms with Crippen LogP contribution in [0.1, 0.15) is 18.5 Å². The largest absolute Gasteiger partial charge is 0.382 e. The lowest BCUT2D eigenvalue weighted by atomic mass is 10.3. The van der Waals surface area contributed by atoms with Crippen molar-refractivity contribution in [2.75, 3.05) is 38.1 Å². The molecule has 0 amide bonds. The van der Waals surface area contributed by atoms with Gasteiger partial charge in [0.15, 0.2) is 0 Å². The number of pyridine rings is 1. The maximum absolute atomic E-state index is 7.30. The van der Waals surface area contributed by atoms with Crippen LogP contribution in [0, 0.1) is 5.41 Å². The fourth-order valence-electron chi connectivity index (χ4n) is 2.20. The Hall–Kier alpha value is -1.62. The van der Waals surface area contributed by atoms with Crippen molar-refractivity contribution < 1.29 is 0 Å². The second kappa shape index (κ2) is 5.82. The van der Waals surface area contributed by atoms with Gasteiger partial charge in [0.25, 0.3) is 0 Å². The molecule has 0 radical (unpaired) electrons. The van der Waals surface area contributed by atoms with Crippen molar-refractivity contribution in [2.45, 2.75) is 12.8 Å². The van der Waals surface area contributed by atoms with Crippen molar-refractivity contribution in [1.82, 2.24) is 9.88 Å². The van der Waals surface area contributed by atoms with E-state index in [0.29, 0.717) is 5.69 Å². The number of nitrogens with zero attached hydrogens (tertiary/aromatic N) is 3. The Bertz CT molecular complexity index is 394. The van der Waals surface area contributed by atoms with Gasteiger partial charge in [-0.1, -0.05) is 0 Å². The van der Waals surface area contributed by atoms with Gasteiger partial charge in [-0.2, -0.15) is 0 Å². The summed E-state index contributed by atoms with van der Waals surface area (Å²) in [6.45, 7) is 4.57. The van der Waals surface area contributed by atoms with Crippen molar-refractivity contribution in [2.24, 2.45) is 5.73 Å². The van der Waals surface area contributed by atoms with Gasteiger partial charge in [-0.15, -0.1) is 0 Å². The third-order valence-electron chi connectivity index (χ3n) is 3.41. The molecule has 98 valence electrons. The standard InChI is InChI=1S/C13H21N5/c1-17(8-9-18-6-2-3-7-18)11-4-5-12(13(14)15)16-10-11/h4-5,10H,2-3,6-9H2,1H3,(H3,14,15). The van der Waals surface area contributed by atoms with Gasteiger partial charge in [0, 0.05) is 20.1 Å². The molecule has 1 aromatic heterocycles. The Morgan fingerprint density at radius 3 is 2.72 bits per heavy atom. The molecule has 5 nitrogen and oxygen atoms in total. The summed E-state index contributed by atoms with van der Waals surface area (Å²) in [5, 5.41) is 7.30. The van der Waals surface area contributed by atoms with Gasteiger partial charge < -0.3 is 15.5 Å². The number of nitrogens with two attached hydrogens (primary N) is 1. The maximum atomic E-state index is 7.30. The van der Waals surface area contributed by atoms with Crippen LogP contribution in [0.4, 0.5) is 5.69 Å². The van der Waals surface area contributed by atoms with Crippen LogP contribution < -0.4 is 10.6 Å². The Morgan fingerprint density at radius 1 is 1.44 bits per heavy atom. The van der Waals surface area contributed by atoms with Crippen LogP contribution in [0.25, 0.3) is 0 Å². The first-order chi connectivity index (χ1) is 8.66. The van der Waals surface area contributed by atoms with Crippen molar-refractivity contribution >= 4 is 11.5 Å². The van der Waals surface area contributed by atoms with E-state index in [9.17, 15) is 0 Å². The van der Waals surface area contributed by atoms with E-state index in [-0.39, 0.29) is 5.84 Å². The molecule has 0 aliphatic carbocycles. The average molecular weight is 247 g/mol. The van der Waals surface area contributed by atoms with Gasteiger partial charge in [-0.05, 0) is 38.1 Å². The zero-order chi connectivity index (χ0) is 13.0. The second-order valence-corrected chi connectivity index (χ2v) is 4.79. The predicted octanol–water partition coefficient (Wildman–Crippen LogP) is 0.898. The number of likely N-dealkylation sites (tertiary alicyclic amines) is 1. The number of likely N-dealkylation sites (N-methyl/N-ethyl adjacent to an activating group) is 1. The minimum atomic E-state index is 0.0151. The van der Waals surface area contributed by atoms with E-state index in [1.165, 1.54) is 25.9 Å². The van der Waals surface area contributed by atoms with Gasteiger partial charge in [0.2, 0.25) is 0 Å². The Labute approximate surface area is 108 Å². The smallest absolute Gasteiger partial charge is 0.141 e. The fourth-order valence-corrected chi connectivity index (χ4v) is 2.20. The molecule has 1 saturated heterocycles. The van der Waals surface area contributed by atoms with Gasteiger partial charge in [-0.3, -0.25) is 10.4 Å². The third-order valence-corrected chi connectivity index (χ3v) is 3.41. The Morgan fingerprint density at radius 2 is 2.17 bits per heavy atom. The SMILES string of the molecule is CN(CCN1CCCC1)c1ccc(C(=N)N)nc1. The molecule has 0 atom stereocenters. The van der Waals surface area contributed by atoms with Gasteiger partial charge >= 0.3 is 0 Å². The third kappa shape index (κ3) is 3.20. The lowest BCUT2D eigenvalue weighted by Crippen LogP contribution is -2.31. The summed E-state index contributed by atoms with van der Waals surface area (Å²) < 4.78 is 0. The van der Waals surface area contributed by atoms with Crippen LogP contribution in [-0.4, -0.2) is 48.9 Å². The highest BCUT2D eigenvalue weighted by atomic mass is 15.2. The zero-order valence-corrected chi connectivity index (χ0v) is 10.9. The monoisotopic (exact) mass is 247 g/mol. The first-order valence-corrected chi connectivity index (χ1v) is 6.41. The van der Waals surface area contributed by atoms with Gasteiger partial charge in [0.05, 0.1) is 11.9 Å². The molecule has 0 bridgehead atoms.